The van der Waals surface area contributed by atoms with Crippen molar-refractivity contribution in [3.8, 4) is 0 Å². The monoisotopic (exact) mass is 188 g/mol. The zero-order valence-corrected chi connectivity index (χ0v) is 7.08. The van der Waals surface area contributed by atoms with Crippen LogP contribution in [0.1, 0.15) is 0 Å². The van der Waals surface area contributed by atoms with E-state index in [1.54, 1.807) is 48.9 Å². The van der Waals surface area contributed by atoms with Crippen molar-refractivity contribution in [2.45, 2.75) is 48.9 Å². The van der Waals surface area contributed by atoms with Crippen molar-refractivity contribution in [2.24, 2.45) is 0 Å². The molecule has 0 radical (unpaired) electrons. The molecule has 0 saturated carbocycles. The van der Waals surface area contributed by atoms with Gasteiger partial charge in [0.05, 0.1) is 0 Å². The Bertz CT molecular complexity index is 572. The summed E-state index contributed by atoms with van der Waals surface area (Å²) in [5.74, 6) is 0. The third kappa shape index (κ3) is 0.0188. The quantitative estimate of drug-likeness (QED) is 0.512. The van der Waals surface area contributed by atoms with E-state index in [1.165, 1.54) is 0 Å². The first kappa shape index (κ1) is 3.01. The summed E-state index contributed by atoms with van der Waals surface area (Å²) >= 11 is 0. The van der Waals surface area contributed by atoms with E-state index < -0.39 is 6.23 Å². The van der Waals surface area contributed by atoms with E-state index in [2.05, 4.69) is 0 Å². The third-order valence-corrected chi connectivity index (χ3v) is 50.6. The average Bonchev–Trinajstić information content (AvgIpc) is 3.01. The predicted octanol–water partition coefficient (Wildman–Crippen LogP) is 3.38. The SMILES string of the molecule is [CH]12[CH]3[CH]4[CH]5[CH]1[Ni]23451678[CH]2[CH]1[CH]6[CH]7[CH]28. The van der Waals surface area contributed by atoms with Gasteiger partial charge in [-0.1, -0.05) is 0 Å². The number of fused-ring (bicyclic) bond motifs is 10. The molecule has 0 amide bonds. The molecule has 0 aromatic rings. The van der Waals surface area contributed by atoms with Gasteiger partial charge in [0.2, 0.25) is 0 Å². The number of hydrogen-bond acceptors (Lipinski definition) is 0. The molecule has 0 bridgehead atoms. The molecule has 10 fully saturated rings. The molecule has 10 rings (SSSR count). The molecule has 1 spiro atoms. The van der Waals surface area contributed by atoms with Gasteiger partial charge in [-0.2, -0.15) is 0 Å². The molecule has 0 aliphatic carbocycles. The molecule has 10 aliphatic heterocycles. The fourth-order valence-corrected chi connectivity index (χ4v) is 75.7. The molecule has 1 heteroatoms. The van der Waals surface area contributed by atoms with Gasteiger partial charge in [-0.05, 0) is 0 Å². The summed E-state index contributed by atoms with van der Waals surface area (Å²) in [7, 11) is 0. The summed E-state index contributed by atoms with van der Waals surface area (Å²) in [6.07, 6.45) is -2.11. The van der Waals surface area contributed by atoms with Crippen LogP contribution in [0.3, 0.4) is 0 Å². The fourth-order valence-electron chi connectivity index (χ4n) is 14.0. The summed E-state index contributed by atoms with van der Waals surface area (Å²) < 4.78 is 0. The molecule has 0 aromatic carbocycles. The van der Waals surface area contributed by atoms with Gasteiger partial charge in [0, 0.05) is 0 Å². The third-order valence-electron chi connectivity index (χ3n) is 13.1. The second kappa shape index (κ2) is 0.166. The van der Waals surface area contributed by atoms with Gasteiger partial charge in [0.25, 0.3) is 0 Å². The van der Waals surface area contributed by atoms with Crippen LogP contribution in [0.5, 0.6) is 0 Å². The molecule has 0 atom stereocenters. The molecule has 10 saturated heterocycles. The van der Waals surface area contributed by atoms with Crippen molar-refractivity contribution < 1.29 is 6.23 Å². The Hall–Kier alpha value is 0.494. The van der Waals surface area contributed by atoms with Crippen molar-refractivity contribution in [1.29, 1.82) is 0 Å². The topological polar surface area (TPSA) is 0 Å². The van der Waals surface area contributed by atoms with Crippen molar-refractivity contribution >= 4 is 0 Å². The molecular formula is C10H10Ni. The van der Waals surface area contributed by atoms with Gasteiger partial charge in [-0.25, -0.2) is 0 Å². The Morgan fingerprint density at radius 1 is 0.364 bits per heavy atom. The van der Waals surface area contributed by atoms with Gasteiger partial charge in [0.15, 0.2) is 0 Å². The van der Waals surface area contributed by atoms with E-state index in [4.69, 9.17) is 0 Å². The Balaban J connectivity index is 2.46. The number of hydrogen-bond donors (Lipinski definition) is 0. The van der Waals surface area contributed by atoms with Crippen LogP contribution in [0.25, 0.3) is 0 Å². The van der Waals surface area contributed by atoms with Gasteiger partial charge in [-0.15, -0.1) is 0 Å². The average molecular weight is 189 g/mol. The molecule has 11 heavy (non-hydrogen) atoms. The standard InChI is InChI=1S/2C5H5.Ni/c2*1-2-4-5-3-1;/h2*1-5H;. The Labute approximate surface area is 55.5 Å². The van der Waals surface area contributed by atoms with Crippen LogP contribution in [0, 0.1) is 0 Å². The van der Waals surface area contributed by atoms with Crippen LogP contribution in [-0.4, -0.2) is 0 Å². The van der Waals surface area contributed by atoms with Gasteiger partial charge >= 0.3 is 55.1 Å². The van der Waals surface area contributed by atoms with Crippen LogP contribution in [0.15, 0.2) is 0 Å². The normalized spacial score (nSPS) is 171. The van der Waals surface area contributed by atoms with Crippen molar-refractivity contribution in [1.82, 2.24) is 0 Å². The Kier molecular flexibility index (Phi) is 0.0455. The molecule has 0 nitrogen and oxygen atoms in total. The molecular weight excluding hydrogens is 179 g/mol. The predicted molar refractivity (Wildman–Crippen MR) is 37.5 cm³/mol. The van der Waals surface area contributed by atoms with Gasteiger partial charge in [-0.3, -0.25) is 0 Å². The molecule has 10 aliphatic rings. The van der Waals surface area contributed by atoms with E-state index in [0.29, 0.717) is 0 Å². The first-order chi connectivity index (χ1) is 5.16. The summed E-state index contributed by atoms with van der Waals surface area (Å²) in [4.78, 5) is 15.8. The zero-order chi connectivity index (χ0) is 6.09. The fraction of sp³-hybridized carbons (Fsp3) is 1.00. The summed E-state index contributed by atoms with van der Waals surface area (Å²) in [6.45, 7) is 0. The number of rotatable bonds is 0. The van der Waals surface area contributed by atoms with Crippen molar-refractivity contribution in [3.05, 3.63) is 0 Å². The Morgan fingerprint density at radius 2 is 0.545 bits per heavy atom. The summed E-state index contributed by atoms with van der Waals surface area (Å²) in [5.41, 5.74) is 0. The van der Waals surface area contributed by atoms with E-state index >= 15 is 0 Å². The van der Waals surface area contributed by atoms with Gasteiger partial charge in [0.1, 0.15) is 0 Å². The van der Waals surface area contributed by atoms with Gasteiger partial charge < -0.3 is 0 Å². The molecule has 10 heterocycles. The maximum atomic E-state index is 1.58. The first-order valence-electron chi connectivity index (χ1n) is 5.16. The molecule has 0 aromatic heterocycles. The van der Waals surface area contributed by atoms with Crippen LogP contribution < -0.4 is 0 Å². The Morgan fingerprint density at radius 3 is 0.545 bits per heavy atom. The van der Waals surface area contributed by atoms with E-state index in [9.17, 15) is 0 Å². The summed E-state index contributed by atoms with van der Waals surface area (Å²) in [5, 5.41) is 0. The van der Waals surface area contributed by atoms with Crippen LogP contribution >= 0.6 is 0 Å². The second-order valence-electron chi connectivity index (χ2n) is 8.78. The summed E-state index contributed by atoms with van der Waals surface area (Å²) in [6, 6.07) is 0. The van der Waals surface area contributed by atoms with Crippen LogP contribution in [0.4, 0.5) is 0 Å². The second-order valence-corrected chi connectivity index (χ2v) is 30.2. The van der Waals surface area contributed by atoms with E-state index in [-0.39, 0.29) is 0 Å². The van der Waals surface area contributed by atoms with Crippen LogP contribution in [-0.2, 0) is 6.23 Å². The first-order valence-corrected chi connectivity index (χ1v) is 10.9. The molecule has 0 unspecified atom stereocenters. The van der Waals surface area contributed by atoms with Crippen molar-refractivity contribution in [2.75, 3.05) is 0 Å². The zero-order valence-electron chi connectivity index (χ0n) is 6.09. The van der Waals surface area contributed by atoms with E-state index in [0.717, 1.165) is 0 Å². The van der Waals surface area contributed by atoms with E-state index in [1.807, 2.05) is 0 Å². The maximum absolute atomic E-state index is 2.11. The molecule has 60 valence electrons. The molecule has 0 N–H and O–H groups in total. The van der Waals surface area contributed by atoms with Crippen LogP contribution in [0.2, 0.25) is 48.9 Å². The minimum atomic E-state index is -2.11. The minimum absolute atomic E-state index is 1.58. The van der Waals surface area contributed by atoms with Crippen molar-refractivity contribution in [3.63, 3.8) is 0 Å².